The smallest absolute Gasteiger partial charge is 0.112 e. The van der Waals surface area contributed by atoms with E-state index < -0.39 is 0 Å². The van der Waals surface area contributed by atoms with Crippen LogP contribution in [0.2, 0.25) is 0 Å². The van der Waals surface area contributed by atoms with E-state index in [1.807, 2.05) is 26.8 Å². The first-order chi connectivity index (χ1) is 6.08. The molecule has 13 heavy (non-hydrogen) atoms. The predicted molar refractivity (Wildman–Crippen MR) is 52.3 cm³/mol. The lowest BCUT2D eigenvalue weighted by Gasteiger charge is -2.31. The third kappa shape index (κ3) is 2.45. The van der Waals surface area contributed by atoms with Crippen molar-refractivity contribution in [1.82, 2.24) is 0 Å². The molecule has 1 unspecified atom stereocenters. The molecule has 2 N–H and O–H groups in total. The molecule has 1 atom stereocenters. The molecular weight excluding hydrogens is 166 g/mol. The Morgan fingerprint density at radius 2 is 2.38 bits per heavy atom. The summed E-state index contributed by atoms with van der Waals surface area (Å²) >= 11 is 0. The summed E-state index contributed by atoms with van der Waals surface area (Å²) in [6.45, 7) is 7.38. The Bertz CT molecular complexity index is 199. The largest absolute Gasteiger partial charge is 0.496 e. The van der Waals surface area contributed by atoms with E-state index in [-0.39, 0.29) is 11.6 Å². The molecule has 0 aromatic heterocycles. The highest BCUT2D eigenvalue weighted by Crippen LogP contribution is 2.23. The summed E-state index contributed by atoms with van der Waals surface area (Å²) in [5, 5.41) is 0. The molecule has 0 bridgehead atoms. The van der Waals surface area contributed by atoms with Gasteiger partial charge < -0.3 is 15.2 Å². The van der Waals surface area contributed by atoms with Gasteiger partial charge in [-0.15, -0.1) is 0 Å². The van der Waals surface area contributed by atoms with E-state index in [9.17, 15) is 0 Å². The molecule has 76 valence electrons. The second-order valence-corrected chi connectivity index (χ2v) is 3.76. The highest BCUT2D eigenvalue weighted by atomic mass is 16.5. The third-order valence-electron chi connectivity index (χ3n) is 2.30. The number of hydrogen-bond donors (Lipinski definition) is 1. The Morgan fingerprint density at radius 1 is 1.69 bits per heavy atom. The Hall–Kier alpha value is -0.540. The van der Waals surface area contributed by atoms with Crippen molar-refractivity contribution >= 4 is 0 Å². The van der Waals surface area contributed by atoms with Crippen molar-refractivity contribution in [1.29, 1.82) is 0 Å². The monoisotopic (exact) mass is 185 g/mol. The zero-order chi connectivity index (χ0) is 9.90. The molecule has 0 aromatic carbocycles. The molecule has 0 fully saturated rings. The maximum absolute atomic E-state index is 6.02. The Kier molecular flexibility index (Phi) is 3.33. The molecule has 1 rings (SSSR count). The van der Waals surface area contributed by atoms with Crippen LogP contribution in [0.15, 0.2) is 11.8 Å². The standard InChI is InChI=1S/C10H19NO2/c1-4-13-10(2,3)9(11)8-6-5-7-12-8/h6,9H,4-5,7,11H2,1-3H3. The Morgan fingerprint density at radius 3 is 2.85 bits per heavy atom. The second-order valence-electron chi connectivity index (χ2n) is 3.76. The van der Waals surface area contributed by atoms with E-state index >= 15 is 0 Å². The number of nitrogens with two attached hydrogens (primary N) is 1. The molecule has 0 aliphatic carbocycles. The van der Waals surface area contributed by atoms with E-state index in [2.05, 4.69) is 0 Å². The summed E-state index contributed by atoms with van der Waals surface area (Å²) in [5.74, 6) is 0.874. The van der Waals surface area contributed by atoms with Gasteiger partial charge in [-0.2, -0.15) is 0 Å². The van der Waals surface area contributed by atoms with Crippen LogP contribution in [0, 0.1) is 0 Å². The molecule has 0 aromatic rings. The molecule has 0 radical (unpaired) electrons. The summed E-state index contributed by atoms with van der Waals surface area (Å²) in [4.78, 5) is 0. The van der Waals surface area contributed by atoms with Gasteiger partial charge in [-0.3, -0.25) is 0 Å². The highest BCUT2D eigenvalue weighted by Gasteiger charge is 2.31. The van der Waals surface area contributed by atoms with Crippen LogP contribution < -0.4 is 5.73 Å². The minimum Gasteiger partial charge on any atom is -0.496 e. The van der Waals surface area contributed by atoms with Crippen LogP contribution in [0.25, 0.3) is 0 Å². The lowest BCUT2D eigenvalue weighted by atomic mass is 9.97. The average molecular weight is 185 g/mol. The van der Waals surface area contributed by atoms with Gasteiger partial charge in [0.2, 0.25) is 0 Å². The van der Waals surface area contributed by atoms with Crippen LogP contribution in [0.5, 0.6) is 0 Å². The minimum atomic E-state index is -0.342. The molecule has 3 heteroatoms. The zero-order valence-corrected chi connectivity index (χ0v) is 8.67. The van der Waals surface area contributed by atoms with Gasteiger partial charge >= 0.3 is 0 Å². The first kappa shape index (κ1) is 10.5. The van der Waals surface area contributed by atoms with Crippen molar-refractivity contribution in [3.63, 3.8) is 0 Å². The minimum absolute atomic E-state index is 0.157. The third-order valence-corrected chi connectivity index (χ3v) is 2.30. The van der Waals surface area contributed by atoms with Gasteiger partial charge in [0.05, 0.1) is 18.2 Å². The number of rotatable bonds is 4. The van der Waals surface area contributed by atoms with Crippen LogP contribution >= 0.6 is 0 Å². The summed E-state index contributed by atoms with van der Waals surface area (Å²) in [6, 6.07) is -0.157. The summed E-state index contributed by atoms with van der Waals surface area (Å²) in [6.07, 6.45) is 3.01. The fourth-order valence-corrected chi connectivity index (χ4v) is 1.46. The molecule has 3 nitrogen and oxygen atoms in total. The van der Waals surface area contributed by atoms with Crippen molar-refractivity contribution in [2.75, 3.05) is 13.2 Å². The van der Waals surface area contributed by atoms with Crippen LogP contribution in [0.3, 0.4) is 0 Å². The summed E-state index contributed by atoms with van der Waals surface area (Å²) < 4.78 is 11.0. The van der Waals surface area contributed by atoms with Crippen molar-refractivity contribution in [3.05, 3.63) is 11.8 Å². The van der Waals surface area contributed by atoms with E-state index in [1.165, 1.54) is 0 Å². The maximum atomic E-state index is 6.02. The van der Waals surface area contributed by atoms with Gasteiger partial charge in [-0.05, 0) is 26.8 Å². The number of ether oxygens (including phenoxy) is 2. The van der Waals surface area contributed by atoms with Crippen LogP contribution in [0.1, 0.15) is 27.2 Å². The van der Waals surface area contributed by atoms with Gasteiger partial charge in [0.15, 0.2) is 0 Å². The predicted octanol–water partition coefficient (Wildman–Crippen LogP) is 1.43. The fourth-order valence-electron chi connectivity index (χ4n) is 1.46. The lowest BCUT2D eigenvalue weighted by molar-refractivity contribution is -0.0311. The van der Waals surface area contributed by atoms with Gasteiger partial charge in [0.25, 0.3) is 0 Å². The van der Waals surface area contributed by atoms with Crippen molar-refractivity contribution in [2.45, 2.75) is 38.8 Å². The van der Waals surface area contributed by atoms with Gasteiger partial charge in [0, 0.05) is 13.0 Å². The molecule has 1 aliphatic heterocycles. The van der Waals surface area contributed by atoms with E-state index in [1.54, 1.807) is 0 Å². The molecular formula is C10H19NO2. The van der Waals surface area contributed by atoms with Gasteiger partial charge in [-0.25, -0.2) is 0 Å². The van der Waals surface area contributed by atoms with Gasteiger partial charge in [0.1, 0.15) is 5.76 Å². The molecule has 1 aliphatic rings. The average Bonchev–Trinajstić information content (AvgIpc) is 2.54. The van der Waals surface area contributed by atoms with E-state index in [0.29, 0.717) is 6.61 Å². The Labute approximate surface area is 79.9 Å². The molecule has 0 amide bonds. The summed E-state index contributed by atoms with van der Waals surface area (Å²) in [5.41, 5.74) is 5.68. The maximum Gasteiger partial charge on any atom is 0.112 e. The second kappa shape index (κ2) is 4.11. The molecule has 0 saturated carbocycles. The first-order valence-corrected chi connectivity index (χ1v) is 4.80. The Balaban J connectivity index is 2.58. The van der Waals surface area contributed by atoms with Crippen molar-refractivity contribution in [3.8, 4) is 0 Å². The SMILES string of the molecule is CCOC(C)(C)C(N)C1=CCCO1. The lowest BCUT2D eigenvalue weighted by Crippen LogP contribution is -2.46. The topological polar surface area (TPSA) is 44.5 Å². The van der Waals surface area contributed by atoms with Crippen molar-refractivity contribution in [2.24, 2.45) is 5.73 Å². The van der Waals surface area contributed by atoms with Crippen LogP contribution in [0.4, 0.5) is 0 Å². The fraction of sp³-hybridized carbons (Fsp3) is 0.800. The quantitative estimate of drug-likeness (QED) is 0.720. The number of hydrogen-bond acceptors (Lipinski definition) is 3. The van der Waals surface area contributed by atoms with Gasteiger partial charge in [-0.1, -0.05) is 0 Å². The van der Waals surface area contributed by atoms with E-state index in [4.69, 9.17) is 15.2 Å². The van der Waals surface area contributed by atoms with Crippen LogP contribution in [-0.4, -0.2) is 24.9 Å². The zero-order valence-electron chi connectivity index (χ0n) is 8.67. The molecule has 1 heterocycles. The highest BCUT2D eigenvalue weighted by molar-refractivity contribution is 5.11. The molecule has 0 saturated heterocycles. The normalized spacial score (nSPS) is 19.5. The van der Waals surface area contributed by atoms with Crippen molar-refractivity contribution < 1.29 is 9.47 Å². The first-order valence-electron chi connectivity index (χ1n) is 4.80. The summed E-state index contributed by atoms with van der Waals surface area (Å²) in [7, 11) is 0. The molecule has 0 spiro atoms. The van der Waals surface area contributed by atoms with Crippen LogP contribution in [-0.2, 0) is 9.47 Å². The van der Waals surface area contributed by atoms with E-state index in [0.717, 1.165) is 18.8 Å².